The average Bonchev–Trinajstić information content (AvgIpc) is 2.87. The number of fused-ring (bicyclic) bond motifs is 1. The van der Waals surface area contributed by atoms with E-state index in [1.54, 1.807) is 0 Å². The van der Waals surface area contributed by atoms with Crippen LogP contribution >= 0.6 is 11.6 Å². The number of nitrogens with zero attached hydrogens (tertiary/aromatic N) is 2. The second-order valence-electron chi connectivity index (χ2n) is 8.08. The maximum Gasteiger partial charge on any atom is 0.252 e. The van der Waals surface area contributed by atoms with Crippen molar-refractivity contribution in [1.82, 2.24) is 15.1 Å². The minimum absolute atomic E-state index is 0.0314. The third-order valence-electron chi connectivity index (χ3n) is 6.79. The predicted octanol–water partition coefficient (Wildman–Crippen LogP) is 1.18. The van der Waals surface area contributed by atoms with Gasteiger partial charge in [0.2, 0.25) is 0 Å². The van der Waals surface area contributed by atoms with Crippen LogP contribution in [0.15, 0.2) is 0 Å². The lowest BCUT2D eigenvalue weighted by Gasteiger charge is -2.44. The summed E-state index contributed by atoms with van der Waals surface area (Å²) in [6.45, 7) is 4.44. The SMILES string of the molecule is O=C1C(O)C2CC(Cl)CCC2N1C1CCN(C2CCNCC2)CC1. The van der Waals surface area contributed by atoms with Gasteiger partial charge in [-0.15, -0.1) is 11.6 Å². The number of halogens is 1. The van der Waals surface area contributed by atoms with Crippen LogP contribution in [0.5, 0.6) is 0 Å². The monoisotopic (exact) mass is 355 g/mol. The van der Waals surface area contributed by atoms with Gasteiger partial charge in [-0.05, 0) is 58.0 Å². The summed E-state index contributed by atoms with van der Waals surface area (Å²) in [6.07, 6.45) is 6.47. The molecule has 5 nitrogen and oxygen atoms in total. The molecule has 4 unspecified atom stereocenters. The van der Waals surface area contributed by atoms with Crippen molar-refractivity contribution in [2.75, 3.05) is 26.2 Å². The van der Waals surface area contributed by atoms with E-state index in [2.05, 4.69) is 15.1 Å². The molecule has 1 amide bonds. The van der Waals surface area contributed by atoms with E-state index in [-0.39, 0.29) is 23.2 Å². The number of alkyl halides is 1. The summed E-state index contributed by atoms with van der Waals surface area (Å²) in [5.41, 5.74) is 0. The Morgan fingerprint density at radius 2 is 1.71 bits per heavy atom. The van der Waals surface area contributed by atoms with Crippen LogP contribution in [0.3, 0.4) is 0 Å². The average molecular weight is 356 g/mol. The van der Waals surface area contributed by atoms with Gasteiger partial charge in [0.1, 0.15) is 6.10 Å². The molecule has 0 spiro atoms. The van der Waals surface area contributed by atoms with E-state index in [4.69, 9.17) is 11.6 Å². The lowest BCUT2D eigenvalue weighted by Crippen LogP contribution is -2.53. The Bertz CT molecular complexity index is 463. The van der Waals surface area contributed by atoms with Gasteiger partial charge in [-0.2, -0.15) is 0 Å². The summed E-state index contributed by atoms with van der Waals surface area (Å²) in [6, 6.07) is 1.25. The molecule has 3 saturated heterocycles. The van der Waals surface area contributed by atoms with Crippen LogP contribution in [0, 0.1) is 5.92 Å². The number of nitrogens with one attached hydrogen (secondary N) is 1. The molecule has 3 aliphatic heterocycles. The second kappa shape index (κ2) is 7.10. The Balaban J connectivity index is 1.39. The molecule has 4 fully saturated rings. The zero-order valence-electron chi connectivity index (χ0n) is 14.4. The number of likely N-dealkylation sites (tertiary alicyclic amines) is 2. The zero-order chi connectivity index (χ0) is 16.7. The highest BCUT2D eigenvalue weighted by Gasteiger charge is 2.51. The molecule has 6 heteroatoms. The van der Waals surface area contributed by atoms with Gasteiger partial charge < -0.3 is 20.2 Å². The normalized spacial score (nSPS) is 40.1. The number of aliphatic hydroxyl groups excluding tert-OH is 1. The van der Waals surface area contributed by atoms with Crippen molar-refractivity contribution in [3.8, 4) is 0 Å². The van der Waals surface area contributed by atoms with Gasteiger partial charge in [0.25, 0.3) is 5.91 Å². The first-order chi connectivity index (χ1) is 11.6. The molecule has 4 atom stereocenters. The smallest absolute Gasteiger partial charge is 0.252 e. The number of rotatable bonds is 2. The molecule has 136 valence electrons. The van der Waals surface area contributed by atoms with E-state index >= 15 is 0 Å². The molecule has 4 aliphatic rings. The van der Waals surface area contributed by atoms with E-state index in [9.17, 15) is 9.90 Å². The van der Waals surface area contributed by atoms with E-state index in [1.165, 1.54) is 12.8 Å². The molecular formula is C18H30ClN3O2. The Kier molecular flexibility index (Phi) is 5.05. The van der Waals surface area contributed by atoms with Gasteiger partial charge in [0.15, 0.2) is 0 Å². The van der Waals surface area contributed by atoms with E-state index < -0.39 is 6.10 Å². The highest BCUT2D eigenvalue weighted by molar-refractivity contribution is 6.20. The highest BCUT2D eigenvalue weighted by Crippen LogP contribution is 2.41. The summed E-state index contributed by atoms with van der Waals surface area (Å²) in [5.74, 6) is 0.0206. The van der Waals surface area contributed by atoms with Crippen molar-refractivity contribution < 1.29 is 9.90 Å². The van der Waals surface area contributed by atoms with Gasteiger partial charge in [-0.25, -0.2) is 0 Å². The molecule has 0 aromatic rings. The highest BCUT2D eigenvalue weighted by atomic mass is 35.5. The van der Waals surface area contributed by atoms with Gasteiger partial charge in [0.05, 0.1) is 0 Å². The number of hydrogen-bond donors (Lipinski definition) is 2. The molecule has 0 aromatic heterocycles. The molecule has 4 rings (SSSR count). The molecular weight excluding hydrogens is 326 g/mol. The minimum Gasteiger partial charge on any atom is -0.383 e. The van der Waals surface area contributed by atoms with Crippen LogP contribution in [-0.4, -0.2) is 76.6 Å². The maximum absolute atomic E-state index is 12.7. The van der Waals surface area contributed by atoms with Crippen molar-refractivity contribution in [3.63, 3.8) is 0 Å². The third kappa shape index (κ3) is 3.09. The third-order valence-corrected chi connectivity index (χ3v) is 7.18. The largest absolute Gasteiger partial charge is 0.383 e. The number of piperidine rings is 2. The van der Waals surface area contributed by atoms with Gasteiger partial charge in [-0.1, -0.05) is 0 Å². The lowest BCUT2D eigenvalue weighted by atomic mass is 9.83. The first kappa shape index (κ1) is 17.1. The van der Waals surface area contributed by atoms with E-state index in [0.29, 0.717) is 12.1 Å². The second-order valence-corrected chi connectivity index (χ2v) is 8.70. The summed E-state index contributed by atoms with van der Waals surface area (Å²) in [5, 5.41) is 14.0. The molecule has 3 heterocycles. The minimum atomic E-state index is -0.820. The number of aliphatic hydroxyl groups is 1. The number of carbonyl (C=O) groups excluding carboxylic acids is 1. The predicted molar refractivity (Wildman–Crippen MR) is 94.1 cm³/mol. The molecule has 1 aliphatic carbocycles. The Hall–Kier alpha value is -0.360. The van der Waals surface area contributed by atoms with Crippen molar-refractivity contribution in [3.05, 3.63) is 0 Å². The van der Waals surface area contributed by atoms with Crippen molar-refractivity contribution >= 4 is 17.5 Å². The van der Waals surface area contributed by atoms with Crippen LogP contribution < -0.4 is 5.32 Å². The molecule has 24 heavy (non-hydrogen) atoms. The molecule has 0 aromatic carbocycles. The Morgan fingerprint density at radius 1 is 1.00 bits per heavy atom. The summed E-state index contributed by atoms with van der Waals surface area (Å²) >= 11 is 6.28. The van der Waals surface area contributed by atoms with Crippen LogP contribution in [-0.2, 0) is 4.79 Å². The topological polar surface area (TPSA) is 55.8 Å². The van der Waals surface area contributed by atoms with Crippen molar-refractivity contribution in [1.29, 1.82) is 0 Å². The number of hydrogen-bond acceptors (Lipinski definition) is 4. The van der Waals surface area contributed by atoms with Gasteiger partial charge in [0, 0.05) is 42.5 Å². The van der Waals surface area contributed by atoms with Crippen molar-refractivity contribution in [2.24, 2.45) is 5.92 Å². The fourth-order valence-electron chi connectivity index (χ4n) is 5.47. The Labute approximate surface area is 149 Å². The number of carbonyl (C=O) groups is 1. The summed E-state index contributed by atoms with van der Waals surface area (Å²) < 4.78 is 0. The standard InChI is InChI=1S/C18H30ClN3O2/c19-12-1-2-16-15(11-12)17(23)18(24)22(16)14-5-9-21(10-6-14)13-3-7-20-8-4-13/h12-17,20,23H,1-11H2. The first-order valence-corrected chi connectivity index (χ1v) is 10.2. The van der Waals surface area contributed by atoms with Crippen molar-refractivity contribution in [2.45, 2.75) is 74.6 Å². The molecule has 0 bridgehead atoms. The number of amides is 1. The van der Waals surface area contributed by atoms with Crippen LogP contribution in [0.2, 0.25) is 0 Å². The van der Waals surface area contributed by atoms with Gasteiger partial charge >= 0.3 is 0 Å². The zero-order valence-corrected chi connectivity index (χ0v) is 15.1. The van der Waals surface area contributed by atoms with Gasteiger partial charge in [-0.3, -0.25) is 4.79 Å². The first-order valence-electron chi connectivity index (χ1n) is 9.74. The van der Waals surface area contributed by atoms with E-state index in [0.717, 1.165) is 58.3 Å². The fourth-order valence-corrected chi connectivity index (χ4v) is 5.80. The van der Waals surface area contributed by atoms with Crippen LogP contribution in [0.25, 0.3) is 0 Å². The lowest BCUT2D eigenvalue weighted by molar-refractivity contribution is -0.138. The molecule has 2 N–H and O–H groups in total. The molecule has 0 radical (unpaired) electrons. The van der Waals surface area contributed by atoms with Crippen LogP contribution in [0.4, 0.5) is 0 Å². The Morgan fingerprint density at radius 3 is 2.42 bits per heavy atom. The maximum atomic E-state index is 12.7. The van der Waals surface area contributed by atoms with E-state index in [1.807, 2.05) is 0 Å². The fraction of sp³-hybridized carbons (Fsp3) is 0.944. The van der Waals surface area contributed by atoms with Crippen LogP contribution in [0.1, 0.15) is 44.9 Å². The quantitative estimate of drug-likeness (QED) is 0.730. The molecule has 1 saturated carbocycles. The summed E-state index contributed by atoms with van der Waals surface area (Å²) in [4.78, 5) is 17.4. The summed E-state index contributed by atoms with van der Waals surface area (Å²) in [7, 11) is 0.